The smallest absolute Gasteiger partial charge is 0.153 e. The molecule has 0 fully saturated rings. The Morgan fingerprint density at radius 2 is 0.638 bits per heavy atom. The van der Waals surface area contributed by atoms with E-state index in [4.69, 9.17) is 23.7 Å². The number of ether oxygens (including phenoxy) is 5. The molecule has 0 saturated heterocycles. The van der Waals surface area contributed by atoms with E-state index in [1.54, 1.807) is 13.2 Å². The number of benzene rings is 5. The summed E-state index contributed by atoms with van der Waals surface area (Å²) in [6.07, 6.45) is 21.0. The molecule has 0 bridgehead atoms. The van der Waals surface area contributed by atoms with Crippen LogP contribution in [0.5, 0.6) is 28.7 Å². The van der Waals surface area contributed by atoms with Gasteiger partial charge in [0, 0.05) is 16.7 Å². The van der Waals surface area contributed by atoms with Crippen molar-refractivity contribution in [1.82, 2.24) is 0 Å². The summed E-state index contributed by atoms with van der Waals surface area (Å²) < 4.78 is 29.7. The molecule has 0 amide bonds. The van der Waals surface area contributed by atoms with Gasteiger partial charge in [-0.1, -0.05) is 137 Å². The first kappa shape index (κ1) is 42.9. The molecule has 0 aliphatic carbocycles. The quantitative estimate of drug-likeness (QED) is 0.0515. The van der Waals surface area contributed by atoms with Gasteiger partial charge in [-0.05, 0) is 89.9 Å². The Balaban J connectivity index is 1.33. The third-order valence-electron chi connectivity index (χ3n) is 9.08. The first-order valence-electron chi connectivity index (χ1n) is 20.4. The van der Waals surface area contributed by atoms with Gasteiger partial charge in [0.05, 0.1) is 39.1 Å². The van der Waals surface area contributed by atoms with Crippen LogP contribution in [-0.2, 0) is 0 Å². The molecule has 0 aromatic heterocycles. The summed E-state index contributed by atoms with van der Waals surface area (Å²) >= 11 is 0. The fourth-order valence-electron chi connectivity index (χ4n) is 5.92. The van der Waals surface area contributed by atoms with Crippen molar-refractivity contribution in [3.63, 3.8) is 0 Å². The monoisotopic (exact) mass is 776 g/mol. The molecule has 0 atom stereocenters. The van der Waals surface area contributed by atoms with Gasteiger partial charge in [-0.15, -0.1) is 0 Å². The number of aldehydes is 1. The Kier molecular flexibility index (Phi) is 17.1. The van der Waals surface area contributed by atoms with E-state index in [1.165, 1.54) is 0 Å². The van der Waals surface area contributed by atoms with Crippen molar-refractivity contribution in [3.8, 4) is 28.7 Å². The minimum Gasteiger partial charge on any atom is -0.497 e. The lowest BCUT2D eigenvalue weighted by Crippen LogP contribution is -2.02. The molecule has 0 N–H and O–H groups in total. The van der Waals surface area contributed by atoms with Gasteiger partial charge in [0.15, 0.2) is 6.29 Å². The van der Waals surface area contributed by atoms with E-state index in [0.717, 1.165) is 93.7 Å². The Hall–Kier alpha value is -6.27. The molecule has 0 heterocycles. The van der Waals surface area contributed by atoms with Crippen LogP contribution in [0.3, 0.4) is 0 Å². The number of hydrogen-bond acceptors (Lipinski definition) is 6. The highest BCUT2D eigenvalue weighted by molar-refractivity contribution is 5.84. The molecule has 0 radical (unpaired) electrons. The average molecular weight is 777 g/mol. The minimum atomic E-state index is 0.489. The van der Waals surface area contributed by atoms with E-state index in [-0.39, 0.29) is 0 Å². The topological polar surface area (TPSA) is 63.2 Å². The van der Waals surface area contributed by atoms with E-state index in [9.17, 15) is 4.79 Å². The number of hydrogen-bond donors (Lipinski definition) is 0. The summed E-state index contributed by atoms with van der Waals surface area (Å²) in [5, 5.41) is 0. The van der Waals surface area contributed by atoms with Gasteiger partial charge in [-0.3, -0.25) is 4.79 Å². The van der Waals surface area contributed by atoms with E-state index in [1.807, 2.05) is 49.4 Å². The Morgan fingerprint density at radius 1 is 0.379 bits per heavy atom. The van der Waals surface area contributed by atoms with E-state index in [2.05, 4.69) is 118 Å². The van der Waals surface area contributed by atoms with Crippen molar-refractivity contribution in [2.45, 2.75) is 53.4 Å². The molecule has 0 spiro atoms. The van der Waals surface area contributed by atoms with E-state index < -0.39 is 0 Å². The fraction of sp³-hybridized carbons (Fsp3) is 0.250. The molecule has 300 valence electrons. The van der Waals surface area contributed by atoms with Crippen molar-refractivity contribution in [3.05, 3.63) is 147 Å². The highest BCUT2D eigenvalue weighted by Crippen LogP contribution is 2.33. The highest BCUT2D eigenvalue weighted by Gasteiger charge is 2.12. The highest BCUT2D eigenvalue weighted by atomic mass is 16.5. The lowest BCUT2D eigenvalue weighted by Gasteiger charge is -2.15. The maximum atomic E-state index is 11.8. The Morgan fingerprint density at radius 3 is 0.914 bits per heavy atom. The molecule has 6 nitrogen and oxygen atoms in total. The third kappa shape index (κ3) is 12.9. The van der Waals surface area contributed by atoms with Gasteiger partial charge in [-0.2, -0.15) is 0 Å². The number of rotatable bonds is 22. The van der Waals surface area contributed by atoms with Crippen molar-refractivity contribution in [2.75, 3.05) is 33.5 Å². The molecule has 5 aromatic rings. The van der Waals surface area contributed by atoms with Crippen LogP contribution >= 0.6 is 0 Å². The van der Waals surface area contributed by atoms with Crippen molar-refractivity contribution < 1.29 is 28.5 Å². The fourth-order valence-corrected chi connectivity index (χ4v) is 5.92. The third-order valence-corrected chi connectivity index (χ3v) is 9.08. The average Bonchev–Trinajstić information content (AvgIpc) is 3.27. The standard InChI is InChI=1S/C52H56O6/c1-6-30-55-49-35-45(26-21-41-15-17-42(18-16-41)22-27-46-36-52(58-33-9-4)47(38-53)37-51(46)57-32-8-3)50(56-31-7-2)34-44(49)25-20-40-13-10-39(11-14-40)12-19-43-23-28-48(54-5)29-24-43/h10-29,34-38H,6-9,30-33H2,1-5H3/b19-12+,25-20+,26-21+,27-22+. The zero-order valence-corrected chi connectivity index (χ0v) is 34.5. The summed E-state index contributed by atoms with van der Waals surface area (Å²) in [5.74, 6) is 3.70. The second kappa shape index (κ2) is 23.1. The van der Waals surface area contributed by atoms with E-state index in [0.29, 0.717) is 43.5 Å². The maximum absolute atomic E-state index is 11.8. The van der Waals surface area contributed by atoms with Crippen LogP contribution in [0.25, 0.3) is 48.6 Å². The molecule has 0 aliphatic heterocycles. The molecular weight excluding hydrogens is 721 g/mol. The second-order valence-corrected chi connectivity index (χ2v) is 13.8. The van der Waals surface area contributed by atoms with Crippen molar-refractivity contribution in [2.24, 2.45) is 0 Å². The van der Waals surface area contributed by atoms with E-state index >= 15 is 0 Å². The zero-order chi connectivity index (χ0) is 41.0. The largest absolute Gasteiger partial charge is 0.497 e. The second-order valence-electron chi connectivity index (χ2n) is 13.8. The first-order chi connectivity index (χ1) is 28.5. The molecule has 5 aromatic carbocycles. The van der Waals surface area contributed by atoms with Gasteiger partial charge < -0.3 is 23.7 Å². The molecule has 0 saturated carbocycles. The first-order valence-corrected chi connectivity index (χ1v) is 20.4. The Bertz CT molecular complexity index is 2160. The summed E-state index contributed by atoms with van der Waals surface area (Å²) in [4.78, 5) is 11.8. The van der Waals surface area contributed by atoms with Crippen LogP contribution in [0.15, 0.2) is 97.1 Å². The lowest BCUT2D eigenvalue weighted by atomic mass is 10.0. The minimum absolute atomic E-state index is 0.489. The van der Waals surface area contributed by atoms with Crippen LogP contribution in [0.4, 0.5) is 0 Å². The van der Waals surface area contributed by atoms with Gasteiger partial charge in [0.2, 0.25) is 0 Å². The lowest BCUT2D eigenvalue weighted by molar-refractivity contribution is 0.111. The molecule has 0 unspecified atom stereocenters. The van der Waals surface area contributed by atoms with Crippen LogP contribution in [-0.4, -0.2) is 39.8 Å². The number of carbonyl (C=O) groups is 1. The summed E-state index contributed by atoms with van der Waals surface area (Å²) in [6, 6.07) is 32.6. The zero-order valence-electron chi connectivity index (χ0n) is 34.5. The SMILES string of the molecule is CCCOc1cc(/C=C/c2ccc(/C=C/c3cc(OCCC)c(/C=C/c4ccc(/C=C/c5ccc(OC)cc5)cc4)cc3OCCC)cc2)c(OCCC)cc1C=O. The normalized spacial score (nSPS) is 11.5. The van der Waals surface area contributed by atoms with Gasteiger partial charge in [0.1, 0.15) is 28.7 Å². The van der Waals surface area contributed by atoms with Gasteiger partial charge >= 0.3 is 0 Å². The molecule has 5 rings (SSSR count). The molecule has 58 heavy (non-hydrogen) atoms. The summed E-state index contributed by atoms with van der Waals surface area (Å²) in [7, 11) is 1.68. The summed E-state index contributed by atoms with van der Waals surface area (Å²) in [5.41, 5.74) is 8.68. The molecule has 0 aliphatic rings. The predicted octanol–water partition coefficient (Wildman–Crippen LogP) is 13.3. The van der Waals surface area contributed by atoms with Gasteiger partial charge in [0.25, 0.3) is 0 Å². The summed E-state index contributed by atoms with van der Waals surface area (Å²) in [6.45, 7) is 10.6. The predicted molar refractivity (Wildman–Crippen MR) is 243 cm³/mol. The Labute approximate surface area is 345 Å². The van der Waals surface area contributed by atoms with Crippen molar-refractivity contribution in [1.29, 1.82) is 0 Å². The number of carbonyl (C=O) groups excluding carboxylic acids is 1. The van der Waals surface area contributed by atoms with Crippen LogP contribution < -0.4 is 23.7 Å². The van der Waals surface area contributed by atoms with Crippen molar-refractivity contribution >= 4 is 54.9 Å². The maximum Gasteiger partial charge on any atom is 0.153 e. The van der Waals surface area contributed by atoms with Crippen LogP contribution in [0, 0.1) is 0 Å². The van der Waals surface area contributed by atoms with Crippen LogP contribution in [0.1, 0.15) is 108 Å². The molecule has 6 heteroatoms. The van der Waals surface area contributed by atoms with Gasteiger partial charge in [-0.25, -0.2) is 0 Å². The number of methoxy groups -OCH3 is 1. The van der Waals surface area contributed by atoms with Crippen LogP contribution in [0.2, 0.25) is 0 Å². The molecular formula is C52H56O6.